The smallest absolute Gasteiger partial charge is 0.129 e. The van der Waals surface area contributed by atoms with Crippen molar-refractivity contribution >= 4 is 8.51 Å². The maximum atomic E-state index is 4.42. The standard InChI is InChI=1S/C9H15N2P/c1-2-4-6-8(5-3-1)9-7-10-12-11-9/h7-8H,1-6H2,(H,10,11). The molecule has 12 heavy (non-hydrogen) atoms. The van der Waals surface area contributed by atoms with Gasteiger partial charge in [0.2, 0.25) is 0 Å². The number of nitrogens with zero attached hydrogens (tertiary/aromatic N) is 1. The Morgan fingerprint density at radius 3 is 2.58 bits per heavy atom. The number of rotatable bonds is 1. The fraction of sp³-hybridized carbons (Fsp3) is 0.778. The summed E-state index contributed by atoms with van der Waals surface area (Å²) in [5, 5.41) is 0. The molecule has 0 saturated heterocycles. The van der Waals surface area contributed by atoms with Crippen molar-refractivity contribution in [2.45, 2.75) is 44.4 Å². The molecule has 1 aliphatic rings. The lowest BCUT2D eigenvalue weighted by Gasteiger charge is -2.09. The number of aromatic nitrogens is 2. The topological polar surface area (TPSA) is 28.7 Å². The van der Waals surface area contributed by atoms with Gasteiger partial charge in [-0.1, -0.05) is 25.7 Å². The van der Waals surface area contributed by atoms with Crippen LogP contribution in [0.25, 0.3) is 0 Å². The molecule has 0 amide bonds. The molecule has 1 heterocycles. The van der Waals surface area contributed by atoms with E-state index in [-0.39, 0.29) is 0 Å². The van der Waals surface area contributed by atoms with Crippen molar-refractivity contribution in [3.05, 3.63) is 11.9 Å². The maximum Gasteiger partial charge on any atom is 0.129 e. The van der Waals surface area contributed by atoms with Crippen LogP contribution in [0.3, 0.4) is 0 Å². The molecule has 0 aliphatic heterocycles. The first kappa shape index (κ1) is 8.25. The van der Waals surface area contributed by atoms with Crippen molar-refractivity contribution in [1.82, 2.24) is 9.49 Å². The Balaban J connectivity index is 2.02. The SMILES string of the molecule is c1[nH]pnc1C1CCCCCC1. The second-order valence-electron chi connectivity index (χ2n) is 3.59. The average molecular weight is 182 g/mol. The van der Waals surface area contributed by atoms with Gasteiger partial charge in [0, 0.05) is 12.1 Å². The second-order valence-corrected chi connectivity index (χ2v) is 4.24. The number of hydrogen-bond donors (Lipinski definition) is 1. The van der Waals surface area contributed by atoms with Gasteiger partial charge in [0.25, 0.3) is 0 Å². The monoisotopic (exact) mass is 182 g/mol. The molecule has 0 unspecified atom stereocenters. The highest BCUT2D eigenvalue weighted by molar-refractivity contribution is 7.20. The van der Waals surface area contributed by atoms with Crippen molar-refractivity contribution in [3.8, 4) is 0 Å². The Hall–Kier alpha value is -0.360. The molecule has 3 heteroatoms. The van der Waals surface area contributed by atoms with Crippen molar-refractivity contribution in [3.63, 3.8) is 0 Å². The molecule has 1 aromatic heterocycles. The molecule has 66 valence electrons. The Bertz CT molecular complexity index is 212. The first-order chi connectivity index (χ1) is 5.97. The molecule has 1 aromatic rings. The molecule has 1 saturated carbocycles. The van der Waals surface area contributed by atoms with Gasteiger partial charge in [-0.15, -0.1) is 0 Å². The first-order valence-electron chi connectivity index (χ1n) is 4.83. The Labute approximate surface area is 75.0 Å². The molecule has 2 nitrogen and oxygen atoms in total. The van der Waals surface area contributed by atoms with E-state index < -0.39 is 0 Å². The highest BCUT2D eigenvalue weighted by atomic mass is 31.1. The van der Waals surface area contributed by atoms with Gasteiger partial charge in [-0.25, -0.2) is 4.75 Å². The molecule has 0 radical (unpaired) electrons. The summed E-state index contributed by atoms with van der Waals surface area (Å²) in [6.45, 7) is 0. The minimum absolute atomic E-state index is 0.759. The van der Waals surface area contributed by atoms with Gasteiger partial charge in [-0.05, 0) is 12.8 Å². The molecule has 0 bridgehead atoms. The van der Waals surface area contributed by atoms with E-state index in [9.17, 15) is 0 Å². The lowest BCUT2D eigenvalue weighted by atomic mass is 9.97. The lowest BCUT2D eigenvalue weighted by Crippen LogP contribution is -1.96. The Morgan fingerprint density at radius 1 is 1.25 bits per heavy atom. The van der Waals surface area contributed by atoms with Crippen LogP contribution in [0, 0.1) is 0 Å². The largest absolute Gasteiger partial charge is 0.328 e. The van der Waals surface area contributed by atoms with Crippen molar-refractivity contribution in [1.29, 1.82) is 0 Å². The summed E-state index contributed by atoms with van der Waals surface area (Å²) in [5.74, 6) is 0.759. The summed E-state index contributed by atoms with van der Waals surface area (Å²) < 4.78 is 7.56. The van der Waals surface area contributed by atoms with Crippen LogP contribution >= 0.6 is 8.51 Å². The van der Waals surface area contributed by atoms with Crippen LogP contribution in [0.2, 0.25) is 0 Å². The minimum Gasteiger partial charge on any atom is -0.328 e. The van der Waals surface area contributed by atoms with Crippen LogP contribution in [0.1, 0.15) is 50.1 Å². The van der Waals surface area contributed by atoms with Gasteiger partial charge in [-0.2, -0.15) is 0 Å². The van der Waals surface area contributed by atoms with E-state index >= 15 is 0 Å². The first-order valence-corrected chi connectivity index (χ1v) is 5.68. The predicted molar refractivity (Wildman–Crippen MR) is 51.5 cm³/mol. The maximum absolute atomic E-state index is 4.42. The third kappa shape index (κ3) is 1.87. The van der Waals surface area contributed by atoms with E-state index in [1.807, 2.05) is 0 Å². The third-order valence-electron chi connectivity index (χ3n) is 2.71. The Morgan fingerprint density at radius 2 is 2.00 bits per heavy atom. The summed E-state index contributed by atoms with van der Waals surface area (Å²) in [7, 11) is 1.03. The summed E-state index contributed by atoms with van der Waals surface area (Å²) in [6, 6.07) is 0. The summed E-state index contributed by atoms with van der Waals surface area (Å²) in [4.78, 5) is 0. The van der Waals surface area contributed by atoms with Gasteiger partial charge >= 0.3 is 0 Å². The quantitative estimate of drug-likeness (QED) is 0.662. The molecule has 1 fully saturated rings. The van der Waals surface area contributed by atoms with E-state index in [4.69, 9.17) is 0 Å². The minimum atomic E-state index is 0.759. The third-order valence-corrected chi connectivity index (χ3v) is 3.28. The van der Waals surface area contributed by atoms with E-state index in [0.717, 1.165) is 14.4 Å². The highest BCUT2D eigenvalue weighted by Crippen LogP contribution is 2.30. The second kappa shape index (κ2) is 4.04. The van der Waals surface area contributed by atoms with Crippen LogP contribution in [-0.4, -0.2) is 9.49 Å². The fourth-order valence-electron chi connectivity index (χ4n) is 1.99. The number of nitrogens with one attached hydrogen (secondary N) is 1. The van der Waals surface area contributed by atoms with E-state index in [1.54, 1.807) is 0 Å². The van der Waals surface area contributed by atoms with Crippen LogP contribution in [0.15, 0.2) is 6.20 Å². The molecular weight excluding hydrogens is 167 g/mol. The average Bonchev–Trinajstić information content (AvgIpc) is 2.48. The molecule has 0 atom stereocenters. The summed E-state index contributed by atoms with van der Waals surface area (Å²) >= 11 is 0. The molecular formula is C9H15N2P. The summed E-state index contributed by atoms with van der Waals surface area (Å²) in [6.07, 6.45) is 10.4. The predicted octanol–water partition coefficient (Wildman–Crippen LogP) is 3.43. The number of H-pyrrole nitrogens is 1. The van der Waals surface area contributed by atoms with E-state index in [1.165, 1.54) is 44.2 Å². The van der Waals surface area contributed by atoms with Crippen molar-refractivity contribution < 1.29 is 0 Å². The molecule has 0 aromatic carbocycles. The molecule has 0 spiro atoms. The van der Waals surface area contributed by atoms with Crippen LogP contribution in [0.4, 0.5) is 0 Å². The normalized spacial score (nSPS) is 21.3. The molecule has 1 aliphatic carbocycles. The molecule has 2 rings (SSSR count). The van der Waals surface area contributed by atoms with Gasteiger partial charge in [0.15, 0.2) is 0 Å². The zero-order valence-electron chi connectivity index (χ0n) is 7.29. The van der Waals surface area contributed by atoms with Gasteiger partial charge < -0.3 is 4.75 Å². The van der Waals surface area contributed by atoms with Crippen LogP contribution in [-0.2, 0) is 0 Å². The molecule has 1 N–H and O–H groups in total. The lowest BCUT2D eigenvalue weighted by molar-refractivity contribution is 0.582. The zero-order valence-corrected chi connectivity index (χ0v) is 8.19. The van der Waals surface area contributed by atoms with E-state index in [0.29, 0.717) is 0 Å². The number of aromatic amines is 1. The van der Waals surface area contributed by atoms with Crippen LogP contribution < -0.4 is 0 Å². The van der Waals surface area contributed by atoms with Gasteiger partial charge in [0.05, 0.1) is 5.69 Å². The Kier molecular flexibility index (Phi) is 2.78. The van der Waals surface area contributed by atoms with E-state index in [2.05, 4.69) is 15.7 Å². The number of hydrogen-bond acceptors (Lipinski definition) is 1. The fourth-order valence-corrected chi connectivity index (χ4v) is 2.57. The van der Waals surface area contributed by atoms with Gasteiger partial charge in [0.1, 0.15) is 8.51 Å². The van der Waals surface area contributed by atoms with Crippen molar-refractivity contribution in [2.75, 3.05) is 0 Å². The highest BCUT2D eigenvalue weighted by Gasteiger charge is 2.15. The van der Waals surface area contributed by atoms with Crippen LogP contribution in [0.5, 0.6) is 0 Å². The zero-order chi connectivity index (χ0) is 8.23. The van der Waals surface area contributed by atoms with Crippen molar-refractivity contribution in [2.24, 2.45) is 0 Å². The summed E-state index contributed by atoms with van der Waals surface area (Å²) in [5.41, 5.74) is 1.32. The van der Waals surface area contributed by atoms with Gasteiger partial charge in [-0.3, -0.25) is 0 Å².